The minimum atomic E-state index is -0.378. The number of urea groups is 1. The van der Waals surface area contributed by atoms with Gasteiger partial charge in [-0.15, -0.1) is 0 Å². The van der Waals surface area contributed by atoms with Crippen molar-refractivity contribution in [3.8, 4) is 0 Å². The maximum atomic E-state index is 11.8. The molecule has 0 bridgehead atoms. The second kappa shape index (κ2) is 5.97. The van der Waals surface area contributed by atoms with E-state index in [0.717, 1.165) is 5.56 Å². The van der Waals surface area contributed by atoms with Crippen LogP contribution in [-0.4, -0.2) is 16.8 Å². The molecule has 102 valence electrons. The molecular weight excluding hydrogens is 254 g/mol. The highest BCUT2D eigenvalue weighted by atomic mass is 16.2. The number of nitrogens with zero attached hydrogens (tertiary/aromatic N) is 1. The number of carbonyl (C=O) groups is 2. The fourth-order valence-corrected chi connectivity index (χ4v) is 1.61. The van der Waals surface area contributed by atoms with E-state index < -0.39 is 0 Å². The molecule has 0 saturated heterocycles. The van der Waals surface area contributed by atoms with E-state index in [1.807, 2.05) is 13.0 Å². The molecule has 0 aliphatic carbocycles. The Labute approximate surface area is 117 Å². The lowest BCUT2D eigenvalue weighted by Crippen LogP contribution is -2.20. The number of rotatable bonds is 3. The van der Waals surface area contributed by atoms with Crippen LogP contribution in [0.25, 0.3) is 0 Å². The van der Waals surface area contributed by atoms with Crippen molar-refractivity contribution in [3.05, 3.63) is 53.7 Å². The summed E-state index contributed by atoms with van der Waals surface area (Å²) in [6, 6.07) is 9.91. The van der Waals surface area contributed by atoms with Gasteiger partial charge in [-0.05, 0) is 49.7 Å². The lowest BCUT2D eigenvalue weighted by atomic mass is 10.1. The molecule has 0 aliphatic heterocycles. The van der Waals surface area contributed by atoms with Crippen molar-refractivity contribution in [2.45, 2.75) is 13.8 Å². The van der Waals surface area contributed by atoms with Gasteiger partial charge in [-0.3, -0.25) is 10.1 Å². The summed E-state index contributed by atoms with van der Waals surface area (Å²) in [6.45, 7) is 3.42. The average molecular weight is 269 g/mol. The molecule has 0 atom stereocenters. The number of aryl methyl sites for hydroxylation is 1. The topological polar surface area (TPSA) is 71.1 Å². The summed E-state index contributed by atoms with van der Waals surface area (Å²) in [5.74, 6) is 0.471. The van der Waals surface area contributed by atoms with Gasteiger partial charge in [-0.1, -0.05) is 6.07 Å². The molecule has 0 aliphatic rings. The van der Waals surface area contributed by atoms with Crippen LogP contribution >= 0.6 is 0 Å². The second-order valence-electron chi connectivity index (χ2n) is 4.43. The smallest absolute Gasteiger partial charge is 0.308 e. The van der Waals surface area contributed by atoms with Crippen LogP contribution in [0.4, 0.5) is 16.3 Å². The van der Waals surface area contributed by atoms with E-state index in [1.165, 1.54) is 6.92 Å². The van der Waals surface area contributed by atoms with E-state index >= 15 is 0 Å². The van der Waals surface area contributed by atoms with Gasteiger partial charge in [0, 0.05) is 17.4 Å². The summed E-state index contributed by atoms with van der Waals surface area (Å²) in [5, 5.41) is 5.30. The molecule has 1 aromatic heterocycles. The van der Waals surface area contributed by atoms with Gasteiger partial charge in [-0.2, -0.15) is 0 Å². The first-order valence-corrected chi connectivity index (χ1v) is 6.16. The zero-order valence-electron chi connectivity index (χ0n) is 11.3. The quantitative estimate of drug-likeness (QED) is 0.840. The number of hydrogen-bond donors (Lipinski definition) is 2. The van der Waals surface area contributed by atoms with E-state index in [-0.39, 0.29) is 11.8 Å². The molecule has 0 saturated carbocycles. The Bertz CT molecular complexity index is 619. The zero-order chi connectivity index (χ0) is 14.5. The van der Waals surface area contributed by atoms with E-state index in [2.05, 4.69) is 15.6 Å². The van der Waals surface area contributed by atoms with Crippen LogP contribution < -0.4 is 10.6 Å². The predicted molar refractivity (Wildman–Crippen MR) is 78.1 cm³/mol. The van der Waals surface area contributed by atoms with E-state index in [9.17, 15) is 9.59 Å². The monoisotopic (exact) mass is 269 g/mol. The molecule has 2 N–H and O–H groups in total. The van der Waals surface area contributed by atoms with Crippen molar-refractivity contribution in [1.29, 1.82) is 0 Å². The van der Waals surface area contributed by atoms with E-state index in [4.69, 9.17) is 0 Å². The molecule has 5 heteroatoms. The van der Waals surface area contributed by atoms with E-state index in [1.54, 1.807) is 36.5 Å². The van der Waals surface area contributed by atoms with Gasteiger partial charge in [0.25, 0.3) is 0 Å². The molecule has 0 fully saturated rings. The first-order valence-electron chi connectivity index (χ1n) is 6.16. The third-order valence-electron chi connectivity index (χ3n) is 2.70. The third-order valence-corrected chi connectivity index (χ3v) is 2.70. The summed E-state index contributed by atoms with van der Waals surface area (Å²) in [5.41, 5.74) is 2.24. The first kappa shape index (κ1) is 13.7. The summed E-state index contributed by atoms with van der Waals surface area (Å²) in [6.07, 6.45) is 1.68. The minimum absolute atomic E-state index is 0.00939. The Kier molecular flexibility index (Phi) is 4.10. The van der Waals surface area contributed by atoms with Crippen LogP contribution in [0.3, 0.4) is 0 Å². The molecule has 5 nitrogen and oxygen atoms in total. The maximum Gasteiger partial charge on any atom is 0.324 e. The summed E-state index contributed by atoms with van der Waals surface area (Å²) in [7, 11) is 0. The Hall–Kier alpha value is -2.69. The maximum absolute atomic E-state index is 11.8. The molecule has 20 heavy (non-hydrogen) atoms. The van der Waals surface area contributed by atoms with Crippen LogP contribution in [0.2, 0.25) is 0 Å². The number of pyridine rings is 1. The standard InChI is InChI=1S/C15H15N3O2/c1-10-3-8-14(16-9-10)18-15(20)17-13-6-4-12(5-7-13)11(2)19/h3-9H,1-2H3,(H2,16,17,18,20). The summed E-state index contributed by atoms with van der Waals surface area (Å²) < 4.78 is 0. The van der Waals surface area contributed by atoms with Crippen LogP contribution in [-0.2, 0) is 0 Å². The Morgan fingerprint density at radius 3 is 2.25 bits per heavy atom. The highest BCUT2D eigenvalue weighted by Crippen LogP contribution is 2.11. The molecule has 0 spiro atoms. The highest BCUT2D eigenvalue weighted by molar-refractivity contribution is 6.00. The largest absolute Gasteiger partial charge is 0.324 e. The third kappa shape index (κ3) is 3.65. The second-order valence-corrected chi connectivity index (χ2v) is 4.43. The fourth-order valence-electron chi connectivity index (χ4n) is 1.61. The van der Waals surface area contributed by atoms with Gasteiger partial charge in [0.15, 0.2) is 5.78 Å². The number of anilines is 2. The van der Waals surface area contributed by atoms with Crippen molar-refractivity contribution in [1.82, 2.24) is 4.98 Å². The molecule has 2 aromatic rings. The van der Waals surface area contributed by atoms with Crippen LogP contribution in [0.5, 0.6) is 0 Å². The van der Waals surface area contributed by atoms with Crippen molar-refractivity contribution in [2.75, 3.05) is 10.6 Å². The number of ketones is 1. The Morgan fingerprint density at radius 2 is 1.70 bits per heavy atom. The predicted octanol–water partition coefficient (Wildman–Crippen LogP) is 3.24. The molecule has 2 amide bonds. The molecule has 2 rings (SSSR count). The van der Waals surface area contributed by atoms with Crippen molar-refractivity contribution in [3.63, 3.8) is 0 Å². The summed E-state index contributed by atoms with van der Waals surface area (Å²) in [4.78, 5) is 27.0. The molecular formula is C15H15N3O2. The molecule has 0 radical (unpaired) electrons. The number of aromatic nitrogens is 1. The Morgan fingerprint density at radius 1 is 1.00 bits per heavy atom. The number of hydrogen-bond acceptors (Lipinski definition) is 3. The number of nitrogens with one attached hydrogen (secondary N) is 2. The van der Waals surface area contributed by atoms with Gasteiger partial charge < -0.3 is 5.32 Å². The van der Waals surface area contributed by atoms with Gasteiger partial charge in [-0.25, -0.2) is 9.78 Å². The van der Waals surface area contributed by atoms with E-state index in [0.29, 0.717) is 17.1 Å². The molecule has 0 unspecified atom stereocenters. The molecule has 1 aromatic carbocycles. The fraction of sp³-hybridized carbons (Fsp3) is 0.133. The number of amides is 2. The van der Waals surface area contributed by atoms with Crippen molar-refractivity contribution < 1.29 is 9.59 Å². The van der Waals surface area contributed by atoms with Gasteiger partial charge >= 0.3 is 6.03 Å². The minimum Gasteiger partial charge on any atom is -0.308 e. The lowest BCUT2D eigenvalue weighted by Gasteiger charge is -2.07. The lowest BCUT2D eigenvalue weighted by molar-refractivity contribution is 0.101. The zero-order valence-corrected chi connectivity index (χ0v) is 11.3. The Balaban J connectivity index is 1.97. The normalized spacial score (nSPS) is 9.90. The van der Waals surface area contributed by atoms with Gasteiger partial charge in [0.05, 0.1) is 0 Å². The number of Topliss-reactive ketones (excluding diaryl/α,β-unsaturated/α-hetero) is 1. The van der Waals surface area contributed by atoms with Crippen LogP contribution in [0.1, 0.15) is 22.8 Å². The van der Waals surface area contributed by atoms with Crippen molar-refractivity contribution >= 4 is 23.3 Å². The number of carbonyl (C=O) groups excluding carboxylic acids is 2. The van der Waals surface area contributed by atoms with Gasteiger partial charge in [0.1, 0.15) is 5.82 Å². The van der Waals surface area contributed by atoms with Crippen LogP contribution in [0, 0.1) is 6.92 Å². The SMILES string of the molecule is CC(=O)c1ccc(NC(=O)Nc2ccc(C)cn2)cc1. The van der Waals surface area contributed by atoms with Crippen molar-refractivity contribution in [2.24, 2.45) is 0 Å². The van der Waals surface area contributed by atoms with Crippen LogP contribution in [0.15, 0.2) is 42.6 Å². The summed E-state index contributed by atoms with van der Waals surface area (Å²) >= 11 is 0. The molecule has 1 heterocycles. The average Bonchev–Trinajstić information content (AvgIpc) is 2.42. The first-order chi connectivity index (χ1) is 9.54. The highest BCUT2D eigenvalue weighted by Gasteiger charge is 2.04. The van der Waals surface area contributed by atoms with Gasteiger partial charge in [0.2, 0.25) is 0 Å². The number of benzene rings is 1.